The molecule has 43 heteroatoms. The molecular formula is C61H102Ac11N9O23-3. The fourth-order valence-corrected chi connectivity index (χ4v) is 10.3. The largest absolute Gasteiger partial charge is 0.668 e. The van der Waals surface area contributed by atoms with Crippen LogP contribution in [0.3, 0.4) is 0 Å². The Labute approximate surface area is 1000 Å². The quantitative estimate of drug-likeness (QED) is 0.0271. The van der Waals surface area contributed by atoms with Gasteiger partial charge in [-0.3, -0.25) is 33.6 Å². The maximum absolute atomic E-state index is 13.8. The minimum atomic E-state index is -1.55. The van der Waals surface area contributed by atoms with Crippen LogP contribution < -0.4 is 31.9 Å². The predicted molar refractivity (Wildman–Crippen MR) is 330 cm³/mol. The molecule has 18 N–H and O–H groups in total. The van der Waals surface area contributed by atoms with Crippen molar-refractivity contribution < 1.29 is 597 Å². The summed E-state index contributed by atoms with van der Waals surface area (Å²) in [5.41, 5.74) is 25.2. The average molecular weight is 3830 g/mol. The van der Waals surface area contributed by atoms with E-state index in [1.165, 1.54) is 19.2 Å². The van der Waals surface area contributed by atoms with Crippen molar-refractivity contribution in [2.24, 2.45) is 5.92 Å². The molecule has 3 fully saturated rings. The Morgan fingerprint density at radius 1 is 0.452 bits per heavy atom. The van der Waals surface area contributed by atoms with E-state index in [9.17, 15) is 79.5 Å². The van der Waals surface area contributed by atoms with Gasteiger partial charge < -0.3 is 128 Å². The molecule has 18 atom stereocenters. The molecule has 11 radical (unpaired) electrons. The van der Waals surface area contributed by atoms with Gasteiger partial charge in [0.2, 0.25) is 35.4 Å². The van der Waals surface area contributed by atoms with E-state index in [4.69, 9.17) is 50.4 Å². The van der Waals surface area contributed by atoms with Crippen LogP contribution in [0.1, 0.15) is 128 Å². The number of aromatic hydroxyl groups is 1. The van der Waals surface area contributed by atoms with Crippen molar-refractivity contribution in [2.75, 3.05) is 66.3 Å². The second-order valence-electron chi connectivity index (χ2n) is 23.7. The number of aliphatic hydroxyl groups is 8. The smallest absolute Gasteiger partial charge is 0.306 e. The number of benzene rings is 1. The van der Waals surface area contributed by atoms with Gasteiger partial charge in [0.05, 0.1) is 37.9 Å². The van der Waals surface area contributed by atoms with E-state index in [1.807, 2.05) is 0 Å². The van der Waals surface area contributed by atoms with Crippen LogP contribution >= 0.6 is 0 Å². The van der Waals surface area contributed by atoms with Crippen molar-refractivity contribution in [3.05, 3.63) is 47.0 Å². The first kappa shape index (κ1) is 130. The molecule has 0 bridgehead atoms. The topological polar surface area (TPSA) is 510 Å². The number of rotatable bonds is 44. The van der Waals surface area contributed by atoms with Gasteiger partial charge in [0, 0.05) is 556 Å². The molecule has 1 aromatic rings. The zero-order valence-electron chi connectivity index (χ0n) is 59.6. The molecule has 32 nitrogen and oxygen atoms in total. The summed E-state index contributed by atoms with van der Waals surface area (Å²) in [6.07, 6.45) is -9.57. The van der Waals surface area contributed by atoms with Gasteiger partial charge in [-0.05, 0) is 75.5 Å². The van der Waals surface area contributed by atoms with Crippen LogP contribution in [0.15, 0.2) is 24.3 Å². The number of amides is 6. The first-order valence-electron chi connectivity index (χ1n) is 32.3. The minimum Gasteiger partial charge on any atom is -0.668 e. The molecule has 3 saturated heterocycles. The molecule has 565 valence electrons. The number of unbranched alkanes of at least 4 members (excludes halogenated alkanes) is 9. The number of hydrogen-bond acceptors (Lipinski definition) is 23. The van der Waals surface area contributed by atoms with Gasteiger partial charge in [0.1, 0.15) is 79.9 Å². The maximum Gasteiger partial charge on any atom is 0.306 e. The minimum absolute atomic E-state index is 0. The summed E-state index contributed by atoms with van der Waals surface area (Å²) in [5.74, 6) is -4.29. The summed E-state index contributed by atoms with van der Waals surface area (Å²) < 4.78 is 38.6. The molecule has 3 aliphatic rings. The molecule has 0 aromatic heterocycles. The number of ether oxygens (including phenoxy) is 7. The van der Waals surface area contributed by atoms with Gasteiger partial charge in [-0.1, -0.05) is 75.7 Å². The van der Waals surface area contributed by atoms with Crippen molar-refractivity contribution in [3.8, 4) is 5.75 Å². The summed E-state index contributed by atoms with van der Waals surface area (Å²) in [6, 6.07) is 0.0336. The third kappa shape index (κ3) is 52.3. The van der Waals surface area contributed by atoms with Crippen LogP contribution in [0.4, 0.5) is 0 Å². The van der Waals surface area contributed by atoms with Crippen LogP contribution in [-0.4, -0.2) is 258 Å². The Morgan fingerprint density at radius 3 is 1.22 bits per heavy atom. The van der Waals surface area contributed by atoms with E-state index in [0.29, 0.717) is 77.0 Å². The molecule has 0 saturated carbocycles. The number of phenolic OH excluding ortho intramolecular Hbond substituents is 1. The van der Waals surface area contributed by atoms with Gasteiger partial charge >= 0.3 is 5.97 Å². The zero-order valence-corrected chi connectivity index (χ0v) is 112. The molecule has 0 spiro atoms. The Hall–Kier alpha value is 10.5. The van der Waals surface area contributed by atoms with Crippen LogP contribution in [0.25, 0.3) is 17.2 Å². The van der Waals surface area contributed by atoms with Crippen LogP contribution in [0.2, 0.25) is 0 Å². The Kier molecular flexibility index (Phi) is 96.4. The fraction of sp³-hybridized carbons (Fsp3) is 0.787. The Bertz CT molecular complexity index is 2420. The average Bonchev–Trinajstić information content (AvgIpc) is 0.833. The number of aliphatic hydroxyl groups excluding tert-OH is 8. The van der Waals surface area contributed by atoms with E-state index in [1.54, 1.807) is 19.1 Å². The monoisotopic (exact) mass is 3830 g/mol. The van der Waals surface area contributed by atoms with Gasteiger partial charge in [-0.25, -0.2) is 0 Å². The first-order valence-corrected chi connectivity index (χ1v) is 32.3. The fourth-order valence-electron chi connectivity index (χ4n) is 10.3. The second-order valence-corrected chi connectivity index (χ2v) is 23.7. The first-order chi connectivity index (χ1) is 44.5. The molecule has 18 unspecified atom stereocenters. The van der Waals surface area contributed by atoms with Crippen LogP contribution in [0, 0.1) is 491 Å². The van der Waals surface area contributed by atoms with Crippen molar-refractivity contribution >= 4 is 41.4 Å². The maximum atomic E-state index is 13.8. The normalized spacial score (nSPS) is 24.3. The van der Waals surface area contributed by atoms with Gasteiger partial charge in [-0.15, -0.1) is 0 Å². The second kappa shape index (κ2) is 77.1. The van der Waals surface area contributed by atoms with E-state index in [2.05, 4.69) is 31.9 Å². The van der Waals surface area contributed by atoms with E-state index in [-0.39, 0.29) is 581 Å². The summed E-state index contributed by atoms with van der Waals surface area (Å²) in [5, 5.41) is 106. The van der Waals surface area contributed by atoms with Crippen LogP contribution in [0.5, 0.6) is 5.75 Å². The summed E-state index contributed by atoms with van der Waals surface area (Å²) in [4.78, 5) is 91.6. The number of phenols is 1. The molecule has 3 aliphatic heterocycles. The number of nitrogens with one attached hydrogen (secondary N) is 9. The van der Waals surface area contributed by atoms with Crippen molar-refractivity contribution in [3.63, 3.8) is 0 Å². The molecule has 6 amide bonds. The SMILES string of the molecule is CNC(=O)CCC(=O)OCC1OC(OCCCCCCNC(=O)CCC(NC(=O)CCC(NC(=O)C(C)Cc2ccc(O)cc2)C(=O)NCCCCCCOC2OC(CO)C(O)C(O)C2[NH-])C(=O)NCCCCCCOC2OC(CO)C(O)C(O)C2[NH-])C([NH-])C(O)C1O.[Ac].[Ac].[Ac].[Ac].[Ac].[Ac].[Ac].[Ac].[Ac].[Ac].[Ac]. The number of carbonyl (C=O) groups is 7. The Morgan fingerprint density at radius 2 is 0.817 bits per heavy atom. The van der Waals surface area contributed by atoms with Crippen molar-refractivity contribution in [2.45, 2.75) is 233 Å². The third-order valence-corrected chi connectivity index (χ3v) is 16.2. The molecular weight excluding hydrogens is 3720 g/mol. The zero-order chi connectivity index (χ0) is 68.4. The third-order valence-electron chi connectivity index (χ3n) is 16.2. The Balaban J connectivity index is -0.00000140. The number of esters is 1. The number of hydrogen-bond donors (Lipinski definition) is 15. The molecule has 0 aliphatic carbocycles. The predicted octanol–water partition coefficient (Wildman–Crippen LogP) is -1.16. The molecule has 3 heterocycles. The van der Waals surface area contributed by atoms with Crippen molar-refractivity contribution in [1.82, 2.24) is 31.9 Å². The van der Waals surface area contributed by atoms with Gasteiger partial charge in [0.25, 0.3) is 0 Å². The molecule has 1 aromatic carbocycles. The van der Waals surface area contributed by atoms with E-state index < -0.39 is 165 Å². The summed E-state index contributed by atoms with van der Waals surface area (Å²) >= 11 is 0. The van der Waals surface area contributed by atoms with Crippen LogP contribution in [-0.2, 0) is 73.1 Å². The molecule has 104 heavy (non-hydrogen) atoms. The van der Waals surface area contributed by atoms with Gasteiger partial charge in [-0.2, -0.15) is 0 Å². The summed E-state index contributed by atoms with van der Waals surface area (Å²) in [6.45, 7) is 1.23. The number of carbonyl (C=O) groups excluding carboxylic acids is 7. The van der Waals surface area contributed by atoms with E-state index >= 15 is 0 Å². The standard InChI is InChI=1S/C61H102N9O23.11Ac/c1-35(31-36-15-17-37(73)18-16-36)56(84)70-39(58(86)68-27-11-5-8-14-29-88-60-48(63)54(82)51(79)41(33-72)92-60)20-22-45(76)69-38(57(85)67-26-10-4-7-13-28-87-59-47(62)53(81)50(78)40(32-71)91-59)19-21-44(75)66-25-9-3-6-12-30-89-61-49(64)55(83)52(80)42(93-61)34-90-46(77)24-23-43(74)65-2;;;;;;;;;;;/h15-18,35,38-42,47-55,59-64,71-73,78-83H,3-14,19-34H2,1-2H3,(H,65,74)(H,66,75)(H,67,85)(H,68,86)(H,69,76)(H,70,84);;;;;;;;;;;/q-3;;;;;;;;;;;. The molecule has 4 rings (SSSR count). The van der Waals surface area contributed by atoms with Gasteiger partial charge in [0.15, 0.2) is 0 Å². The summed E-state index contributed by atoms with van der Waals surface area (Å²) in [7, 11) is 1.43. The van der Waals surface area contributed by atoms with Crippen molar-refractivity contribution in [1.29, 1.82) is 0 Å². The van der Waals surface area contributed by atoms with E-state index in [0.717, 1.165) is 5.56 Å².